The number of nitrogens with zero attached hydrogens (tertiary/aromatic N) is 5. The van der Waals surface area contributed by atoms with Crippen molar-refractivity contribution in [1.82, 2.24) is 24.6 Å². The highest BCUT2D eigenvalue weighted by Gasteiger charge is 2.35. The Morgan fingerprint density at radius 2 is 2.40 bits per heavy atom. The van der Waals surface area contributed by atoms with Crippen LogP contribution < -0.4 is 0 Å². The molecule has 7 nitrogen and oxygen atoms in total. The molecule has 0 bridgehead atoms. The molecule has 106 valence electrons. The van der Waals surface area contributed by atoms with Crippen LogP contribution in [-0.2, 0) is 6.42 Å². The normalized spacial score (nSPS) is 18.7. The van der Waals surface area contributed by atoms with Gasteiger partial charge in [0, 0.05) is 13.5 Å². The van der Waals surface area contributed by atoms with Crippen LogP contribution in [0.5, 0.6) is 0 Å². The molecule has 3 heterocycles. The zero-order chi connectivity index (χ0) is 14.1. The number of amides is 1. The molecule has 3 rings (SSSR count). The van der Waals surface area contributed by atoms with Crippen molar-refractivity contribution in [1.29, 1.82) is 0 Å². The van der Waals surface area contributed by atoms with Crippen molar-refractivity contribution < 1.29 is 9.32 Å². The molecule has 20 heavy (non-hydrogen) atoms. The highest BCUT2D eigenvalue weighted by molar-refractivity contribution is 7.08. The molecule has 1 saturated heterocycles. The Kier molecular flexibility index (Phi) is 3.47. The minimum Gasteiger partial charge on any atom is -0.340 e. The molecule has 1 unspecified atom stereocenters. The highest BCUT2D eigenvalue weighted by Crippen LogP contribution is 2.32. The predicted octanol–water partition coefficient (Wildman–Crippen LogP) is 1.77. The van der Waals surface area contributed by atoms with E-state index in [-0.39, 0.29) is 11.9 Å². The van der Waals surface area contributed by atoms with E-state index >= 15 is 0 Å². The fourth-order valence-corrected chi connectivity index (χ4v) is 3.17. The Morgan fingerprint density at radius 3 is 3.10 bits per heavy atom. The van der Waals surface area contributed by atoms with Gasteiger partial charge in [-0.3, -0.25) is 4.79 Å². The van der Waals surface area contributed by atoms with E-state index in [1.807, 2.05) is 6.92 Å². The zero-order valence-electron chi connectivity index (χ0n) is 11.4. The van der Waals surface area contributed by atoms with Gasteiger partial charge in [0.1, 0.15) is 4.88 Å². The summed E-state index contributed by atoms with van der Waals surface area (Å²) in [4.78, 5) is 19.3. The Hall–Kier alpha value is -1.83. The number of hydrogen-bond acceptors (Lipinski definition) is 7. The smallest absolute Gasteiger partial charge is 0.268 e. The molecule has 0 radical (unpaired) electrons. The lowest BCUT2D eigenvalue weighted by Gasteiger charge is -2.21. The first-order valence-electron chi connectivity index (χ1n) is 6.63. The number of carbonyl (C=O) groups is 1. The predicted molar refractivity (Wildman–Crippen MR) is 71.3 cm³/mol. The van der Waals surface area contributed by atoms with E-state index in [1.54, 1.807) is 11.8 Å². The van der Waals surface area contributed by atoms with E-state index in [0.717, 1.165) is 30.1 Å². The largest absolute Gasteiger partial charge is 0.340 e. The molecule has 8 heteroatoms. The number of hydrogen-bond donors (Lipinski definition) is 0. The van der Waals surface area contributed by atoms with Crippen LogP contribution in [0.15, 0.2) is 4.52 Å². The van der Waals surface area contributed by atoms with Gasteiger partial charge in [0.05, 0.1) is 11.7 Å². The van der Waals surface area contributed by atoms with Crippen molar-refractivity contribution in [3.63, 3.8) is 0 Å². The summed E-state index contributed by atoms with van der Waals surface area (Å²) in [5.74, 6) is 1.08. The Balaban J connectivity index is 1.87. The van der Waals surface area contributed by atoms with E-state index in [9.17, 15) is 4.79 Å². The van der Waals surface area contributed by atoms with E-state index in [2.05, 4.69) is 19.7 Å². The fraction of sp³-hybridized carbons (Fsp3) is 0.583. The summed E-state index contributed by atoms with van der Waals surface area (Å²) in [6.07, 6.45) is 2.51. The van der Waals surface area contributed by atoms with Crippen molar-refractivity contribution in [3.05, 3.63) is 22.3 Å². The van der Waals surface area contributed by atoms with Gasteiger partial charge in [0.2, 0.25) is 5.89 Å². The quantitative estimate of drug-likeness (QED) is 0.857. The Labute approximate surface area is 120 Å². The van der Waals surface area contributed by atoms with Crippen LogP contribution in [0.4, 0.5) is 0 Å². The van der Waals surface area contributed by atoms with Crippen LogP contribution in [0.2, 0.25) is 0 Å². The third-order valence-corrected chi connectivity index (χ3v) is 4.20. The minimum atomic E-state index is -0.105. The van der Waals surface area contributed by atoms with Gasteiger partial charge in [-0.25, -0.2) is 0 Å². The standard InChI is InChI=1S/C12H15N5O2S/c1-3-8-10(20-16-14-8)12(18)17-6-4-5-9(17)11-13-7(2)19-15-11/h9H,3-6H2,1-2H3. The molecular weight excluding hydrogens is 278 g/mol. The summed E-state index contributed by atoms with van der Waals surface area (Å²) < 4.78 is 8.90. The summed E-state index contributed by atoms with van der Waals surface area (Å²) >= 11 is 1.15. The summed E-state index contributed by atoms with van der Waals surface area (Å²) in [6, 6.07) is -0.105. The van der Waals surface area contributed by atoms with Gasteiger partial charge in [-0.1, -0.05) is 16.6 Å². The van der Waals surface area contributed by atoms with Crippen LogP contribution in [0, 0.1) is 6.92 Å². The SMILES string of the molecule is CCc1nnsc1C(=O)N1CCCC1c1noc(C)n1. The molecule has 1 fully saturated rings. The van der Waals surface area contributed by atoms with Crippen molar-refractivity contribution in [2.24, 2.45) is 0 Å². The van der Waals surface area contributed by atoms with Gasteiger partial charge in [0.15, 0.2) is 5.82 Å². The van der Waals surface area contributed by atoms with Crippen LogP contribution in [0.1, 0.15) is 52.9 Å². The average molecular weight is 293 g/mol. The maximum atomic E-state index is 12.6. The van der Waals surface area contributed by atoms with Crippen LogP contribution in [0.3, 0.4) is 0 Å². The van der Waals surface area contributed by atoms with E-state index in [0.29, 0.717) is 29.6 Å². The molecule has 1 atom stereocenters. The number of aryl methyl sites for hydroxylation is 2. The van der Waals surface area contributed by atoms with Gasteiger partial charge >= 0.3 is 0 Å². The molecular formula is C12H15N5O2S. The van der Waals surface area contributed by atoms with Crippen molar-refractivity contribution >= 4 is 17.4 Å². The molecule has 0 N–H and O–H groups in total. The Morgan fingerprint density at radius 1 is 1.55 bits per heavy atom. The first-order chi connectivity index (χ1) is 9.70. The van der Waals surface area contributed by atoms with Crippen LogP contribution in [-0.4, -0.2) is 37.1 Å². The number of carbonyl (C=O) groups excluding carboxylic acids is 1. The monoisotopic (exact) mass is 293 g/mol. The second-order valence-corrected chi connectivity index (χ2v) is 5.48. The van der Waals surface area contributed by atoms with Gasteiger partial charge in [0.25, 0.3) is 5.91 Å². The molecule has 0 saturated carbocycles. The summed E-state index contributed by atoms with van der Waals surface area (Å²) in [7, 11) is 0. The second-order valence-electron chi connectivity index (χ2n) is 4.73. The summed E-state index contributed by atoms with van der Waals surface area (Å²) in [6.45, 7) is 4.43. The summed E-state index contributed by atoms with van der Waals surface area (Å²) in [5.41, 5.74) is 0.759. The average Bonchev–Trinajstić information content (AvgIpc) is 3.17. The number of likely N-dealkylation sites (tertiary alicyclic amines) is 1. The molecule has 0 aromatic carbocycles. The lowest BCUT2D eigenvalue weighted by molar-refractivity contribution is 0.0732. The first kappa shape index (κ1) is 13.2. The first-order valence-corrected chi connectivity index (χ1v) is 7.40. The molecule has 0 aliphatic carbocycles. The highest BCUT2D eigenvalue weighted by atomic mass is 32.1. The van der Waals surface area contributed by atoms with E-state index in [1.165, 1.54) is 0 Å². The molecule has 1 aliphatic heterocycles. The molecule has 2 aromatic rings. The zero-order valence-corrected chi connectivity index (χ0v) is 12.2. The third kappa shape index (κ3) is 2.20. The topological polar surface area (TPSA) is 85.0 Å². The van der Waals surface area contributed by atoms with E-state index < -0.39 is 0 Å². The maximum absolute atomic E-state index is 12.6. The third-order valence-electron chi connectivity index (χ3n) is 3.44. The molecule has 2 aromatic heterocycles. The minimum absolute atomic E-state index is 0.0261. The number of rotatable bonds is 3. The maximum Gasteiger partial charge on any atom is 0.268 e. The molecule has 1 aliphatic rings. The fourth-order valence-electron chi connectivity index (χ4n) is 2.46. The molecule has 1 amide bonds. The lowest BCUT2D eigenvalue weighted by atomic mass is 10.2. The van der Waals surface area contributed by atoms with Gasteiger partial charge < -0.3 is 9.42 Å². The van der Waals surface area contributed by atoms with E-state index in [4.69, 9.17) is 4.52 Å². The van der Waals surface area contributed by atoms with Gasteiger partial charge in [-0.2, -0.15) is 4.98 Å². The number of aromatic nitrogens is 4. The second kappa shape index (κ2) is 5.28. The van der Waals surface area contributed by atoms with Crippen LogP contribution in [0.25, 0.3) is 0 Å². The summed E-state index contributed by atoms with van der Waals surface area (Å²) in [5, 5.41) is 7.95. The van der Waals surface area contributed by atoms with Crippen LogP contribution >= 0.6 is 11.5 Å². The van der Waals surface area contributed by atoms with Crippen molar-refractivity contribution in [3.8, 4) is 0 Å². The van der Waals surface area contributed by atoms with Crippen molar-refractivity contribution in [2.45, 2.75) is 39.2 Å². The molecule has 0 spiro atoms. The van der Waals surface area contributed by atoms with Crippen molar-refractivity contribution in [2.75, 3.05) is 6.54 Å². The van der Waals surface area contributed by atoms with Gasteiger partial charge in [-0.05, 0) is 30.8 Å². The van der Waals surface area contributed by atoms with Gasteiger partial charge in [-0.15, -0.1) is 5.10 Å². The lowest BCUT2D eigenvalue weighted by Crippen LogP contribution is -2.31. The Bertz CT molecular complexity index is 623.